The lowest BCUT2D eigenvalue weighted by Crippen LogP contribution is -2.38. The van der Waals surface area contributed by atoms with Gasteiger partial charge in [-0.15, -0.1) is 0 Å². The molecule has 0 saturated carbocycles. The van der Waals surface area contributed by atoms with Crippen LogP contribution in [0.25, 0.3) is 16.8 Å². The number of anilines is 1. The molecule has 5 nitrogen and oxygen atoms in total. The molecule has 0 spiro atoms. The Kier molecular flexibility index (Phi) is 3.74. The molecule has 2 aromatic heterocycles. The maximum Gasteiger partial charge on any atom is 0.227 e. The third-order valence-corrected chi connectivity index (χ3v) is 4.67. The van der Waals surface area contributed by atoms with E-state index >= 15 is 0 Å². The molecule has 0 unspecified atom stereocenters. The fraction of sp³-hybridized carbons (Fsp3) is 0.250. The molecule has 3 aromatic rings. The van der Waals surface area contributed by atoms with E-state index in [9.17, 15) is 4.39 Å². The van der Waals surface area contributed by atoms with Gasteiger partial charge in [0.25, 0.3) is 0 Å². The molecule has 7 heteroatoms. The Morgan fingerprint density at radius 1 is 1.09 bits per heavy atom. The second-order valence-corrected chi connectivity index (χ2v) is 6.10. The van der Waals surface area contributed by atoms with Crippen molar-refractivity contribution in [1.82, 2.24) is 14.6 Å². The van der Waals surface area contributed by atoms with Crippen molar-refractivity contribution in [2.45, 2.75) is 0 Å². The van der Waals surface area contributed by atoms with Gasteiger partial charge in [-0.1, -0.05) is 0 Å². The third-order valence-electron chi connectivity index (χ3n) is 3.88. The largest absolute Gasteiger partial charge is 0.378 e. The average Bonchev–Trinajstić information content (AvgIpc) is 2.93. The molecular weight excluding hydrogens is 363 g/mol. The smallest absolute Gasteiger partial charge is 0.227 e. The maximum absolute atomic E-state index is 13.1. The number of ether oxygens (including phenoxy) is 1. The Balaban J connectivity index is 1.85. The highest BCUT2D eigenvalue weighted by Crippen LogP contribution is 2.32. The standard InChI is InChI=1S/C16H14BrFN4O/c17-14-13-5-6-19-16(21-7-9-23-10-8-21)22(13)20-15(14)11-1-3-12(18)4-2-11/h1-6H,7-10H2. The molecule has 118 valence electrons. The van der Waals surface area contributed by atoms with E-state index in [1.54, 1.807) is 18.3 Å². The van der Waals surface area contributed by atoms with Crippen LogP contribution >= 0.6 is 15.9 Å². The van der Waals surface area contributed by atoms with Crippen molar-refractivity contribution >= 4 is 27.4 Å². The van der Waals surface area contributed by atoms with Gasteiger partial charge in [0.05, 0.1) is 23.2 Å². The van der Waals surface area contributed by atoms with Crippen LogP contribution in [0.4, 0.5) is 10.3 Å². The van der Waals surface area contributed by atoms with Gasteiger partial charge in [-0.2, -0.15) is 9.61 Å². The lowest BCUT2D eigenvalue weighted by Gasteiger charge is -2.27. The van der Waals surface area contributed by atoms with Crippen molar-refractivity contribution < 1.29 is 9.13 Å². The summed E-state index contributed by atoms with van der Waals surface area (Å²) >= 11 is 3.62. The molecule has 3 heterocycles. The normalized spacial score (nSPS) is 15.3. The molecule has 0 bridgehead atoms. The minimum Gasteiger partial charge on any atom is -0.378 e. The van der Waals surface area contributed by atoms with Gasteiger partial charge in [-0.25, -0.2) is 9.37 Å². The van der Waals surface area contributed by atoms with Crippen LogP contribution in [-0.2, 0) is 4.74 Å². The number of hydrogen-bond donors (Lipinski definition) is 0. The zero-order chi connectivity index (χ0) is 15.8. The summed E-state index contributed by atoms with van der Waals surface area (Å²) in [6.07, 6.45) is 1.78. The topological polar surface area (TPSA) is 42.7 Å². The summed E-state index contributed by atoms with van der Waals surface area (Å²) in [5, 5.41) is 4.69. The molecule has 0 amide bonds. The van der Waals surface area contributed by atoms with E-state index in [0.29, 0.717) is 13.2 Å². The van der Waals surface area contributed by atoms with Crippen LogP contribution in [0.1, 0.15) is 0 Å². The van der Waals surface area contributed by atoms with Crippen molar-refractivity contribution in [3.63, 3.8) is 0 Å². The molecular formula is C16H14BrFN4O. The van der Waals surface area contributed by atoms with Crippen molar-refractivity contribution in [2.24, 2.45) is 0 Å². The van der Waals surface area contributed by atoms with E-state index in [0.717, 1.165) is 40.3 Å². The van der Waals surface area contributed by atoms with Crippen LogP contribution in [-0.4, -0.2) is 40.9 Å². The first kappa shape index (κ1) is 14.6. The summed E-state index contributed by atoms with van der Waals surface area (Å²) in [4.78, 5) is 6.64. The number of morpholine rings is 1. The number of fused-ring (bicyclic) bond motifs is 1. The molecule has 0 radical (unpaired) electrons. The third kappa shape index (κ3) is 2.60. The van der Waals surface area contributed by atoms with Gasteiger partial charge in [0.1, 0.15) is 11.5 Å². The van der Waals surface area contributed by atoms with E-state index in [-0.39, 0.29) is 5.82 Å². The van der Waals surface area contributed by atoms with Crippen LogP contribution in [0.3, 0.4) is 0 Å². The molecule has 23 heavy (non-hydrogen) atoms. The molecule has 0 atom stereocenters. The Labute approximate surface area is 140 Å². The minimum atomic E-state index is -0.260. The molecule has 1 fully saturated rings. The van der Waals surface area contributed by atoms with Crippen LogP contribution < -0.4 is 4.90 Å². The predicted octanol–water partition coefficient (Wildman–Crippen LogP) is 3.13. The highest BCUT2D eigenvalue weighted by atomic mass is 79.9. The molecule has 4 rings (SSSR count). The zero-order valence-corrected chi connectivity index (χ0v) is 13.8. The SMILES string of the molecule is Fc1ccc(-c2nn3c(N4CCOCC4)nccc3c2Br)cc1. The fourth-order valence-corrected chi connectivity index (χ4v) is 3.32. The first-order valence-electron chi connectivity index (χ1n) is 7.36. The number of halogens is 2. The van der Waals surface area contributed by atoms with Gasteiger partial charge in [0, 0.05) is 24.8 Å². The van der Waals surface area contributed by atoms with Crippen molar-refractivity contribution in [3.8, 4) is 11.3 Å². The monoisotopic (exact) mass is 376 g/mol. The van der Waals surface area contributed by atoms with Crippen molar-refractivity contribution in [3.05, 3.63) is 46.8 Å². The molecule has 1 aromatic carbocycles. The van der Waals surface area contributed by atoms with Gasteiger partial charge in [0.15, 0.2) is 0 Å². The fourth-order valence-electron chi connectivity index (χ4n) is 2.71. The summed E-state index contributed by atoms with van der Waals surface area (Å²) in [5.74, 6) is 0.532. The van der Waals surface area contributed by atoms with Gasteiger partial charge in [-0.05, 0) is 46.3 Å². The Morgan fingerprint density at radius 3 is 2.57 bits per heavy atom. The Bertz CT molecular complexity index is 843. The first-order chi connectivity index (χ1) is 11.2. The van der Waals surface area contributed by atoms with Crippen LogP contribution in [0.5, 0.6) is 0 Å². The zero-order valence-electron chi connectivity index (χ0n) is 12.2. The lowest BCUT2D eigenvalue weighted by atomic mass is 10.1. The van der Waals surface area contributed by atoms with Gasteiger partial charge >= 0.3 is 0 Å². The number of aromatic nitrogens is 3. The van der Waals surface area contributed by atoms with E-state index < -0.39 is 0 Å². The molecule has 1 saturated heterocycles. The predicted molar refractivity (Wildman–Crippen MR) is 89.1 cm³/mol. The van der Waals surface area contributed by atoms with E-state index in [4.69, 9.17) is 4.74 Å². The minimum absolute atomic E-state index is 0.260. The van der Waals surface area contributed by atoms with Crippen molar-refractivity contribution in [2.75, 3.05) is 31.2 Å². The summed E-state index contributed by atoms with van der Waals surface area (Å²) in [6.45, 7) is 2.95. The highest BCUT2D eigenvalue weighted by Gasteiger charge is 2.19. The number of nitrogens with zero attached hydrogens (tertiary/aromatic N) is 4. The summed E-state index contributed by atoms with van der Waals surface area (Å²) in [6, 6.07) is 8.24. The van der Waals surface area contributed by atoms with Crippen LogP contribution in [0.15, 0.2) is 41.0 Å². The maximum atomic E-state index is 13.1. The quantitative estimate of drug-likeness (QED) is 0.688. The number of hydrogen-bond acceptors (Lipinski definition) is 4. The van der Waals surface area contributed by atoms with Gasteiger partial charge in [-0.3, -0.25) is 0 Å². The molecule has 0 aliphatic carbocycles. The second kappa shape index (κ2) is 5.90. The molecule has 1 aliphatic heterocycles. The summed E-state index contributed by atoms with van der Waals surface area (Å²) in [7, 11) is 0. The average molecular weight is 377 g/mol. The highest BCUT2D eigenvalue weighted by molar-refractivity contribution is 9.10. The van der Waals surface area contributed by atoms with Crippen molar-refractivity contribution in [1.29, 1.82) is 0 Å². The summed E-state index contributed by atoms with van der Waals surface area (Å²) in [5.41, 5.74) is 2.56. The van der Waals surface area contributed by atoms with Crippen LogP contribution in [0.2, 0.25) is 0 Å². The van der Waals surface area contributed by atoms with Crippen LogP contribution in [0, 0.1) is 5.82 Å². The van der Waals surface area contributed by atoms with E-state index in [1.807, 2.05) is 10.6 Å². The van der Waals surface area contributed by atoms with Gasteiger partial charge < -0.3 is 9.64 Å². The Morgan fingerprint density at radius 2 is 1.83 bits per heavy atom. The van der Waals surface area contributed by atoms with Gasteiger partial charge in [0.2, 0.25) is 5.95 Å². The molecule has 0 N–H and O–H groups in total. The first-order valence-corrected chi connectivity index (χ1v) is 8.15. The van der Waals surface area contributed by atoms with E-state index in [1.165, 1.54) is 12.1 Å². The second-order valence-electron chi connectivity index (χ2n) is 5.31. The number of rotatable bonds is 2. The summed E-state index contributed by atoms with van der Waals surface area (Å²) < 4.78 is 21.3. The number of benzene rings is 1. The Hall–Kier alpha value is -1.99. The lowest BCUT2D eigenvalue weighted by molar-refractivity contribution is 0.122. The molecule has 1 aliphatic rings. The van der Waals surface area contributed by atoms with E-state index in [2.05, 4.69) is 30.9 Å².